The number of ether oxygens (including phenoxy) is 2. The zero-order chi connectivity index (χ0) is 17.9. The van der Waals surface area contributed by atoms with Gasteiger partial charge in [0, 0.05) is 13.0 Å². The summed E-state index contributed by atoms with van der Waals surface area (Å²) >= 11 is 0. The van der Waals surface area contributed by atoms with Crippen LogP contribution in [0.2, 0.25) is 0 Å². The van der Waals surface area contributed by atoms with Crippen LogP contribution in [0.25, 0.3) is 10.9 Å². The van der Waals surface area contributed by atoms with E-state index in [1.165, 1.54) is 0 Å². The Kier molecular flexibility index (Phi) is 4.39. The summed E-state index contributed by atoms with van der Waals surface area (Å²) in [6, 6.07) is 14.2. The molecule has 2 aromatic carbocycles. The third-order valence-corrected chi connectivity index (χ3v) is 4.38. The van der Waals surface area contributed by atoms with Gasteiger partial charge in [-0.05, 0) is 36.8 Å². The molecule has 4 rings (SSSR count). The van der Waals surface area contributed by atoms with Gasteiger partial charge in [-0.25, -0.2) is 9.78 Å². The summed E-state index contributed by atoms with van der Waals surface area (Å²) in [5.41, 5.74) is 0.879. The first-order valence-corrected chi connectivity index (χ1v) is 8.61. The molecule has 26 heavy (non-hydrogen) atoms. The van der Waals surface area contributed by atoms with Gasteiger partial charge in [0.1, 0.15) is 24.8 Å². The van der Waals surface area contributed by atoms with E-state index in [1.807, 2.05) is 30.3 Å². The molecule has 1 aromatic heterocycles. The van der Waals surface area contributed by atoms with E-state index in [2.05, 4.69) is 4.98 Å². The van der Waals surface area contributed by atoms with Gasteiger partial charge in [-0.15, -0.1) is 0 Å². The number of carbonyl (C=O) groups excluding carboxylic acids is 1. The number of carbonyl (C=O) groups is 1. The van der Waals surface area contributed by atoms with Gasteiger partial charge in [-0.2, -0.15) is 0 Å². The molecule has 6 heteroatoms. The number of benzene rings is 2. The van der Waals surface area contributed by atoms with Crippen LogP contribution in [-0.4, -0.2) is 28.7 Å². The zero-order valence-electron chi connectivity index (χ0n) is 14.2. The van der Waals surface area contributed by atoms with Crippen LogP contribution in [0.5, 0.6) is 5.75 Å². The molecule has 0 fully saturated rings. The van der Waals surface area contributed by atoms with Crippen molar-refractivity contribution in [3.8, 4) is 5.75 Å². The number of aryl methyl sites for hydroxylation is 1. The predicted molar refractivity (Wildman–Crippen MR) is 96.5 cm³/mol. The number of para-hydroxylation sites is 1. The average Bonchev–Trinajstić information content (AvgIpc) is 3.14. The minimum Gasteiger partial charge on any atom is -0.490 e. The molecule has 0 saturated heterocycles. The molecule has 132 valence electrons. The number of nitrogens with zero attached hydrogens (tertiary/aromatic N) is 2. The summed E-state index contributed by atoms with van der Waals surface area (Å²) in [4.78, 5) is 29.2. The lowest BCUT2D eigenvalue weighted by Crippen LogP contribution is -2.21. The molecule has 0 aliphatic carbocycles. The molecule has 0 spiro atoms. The molecule has 0 bridgehead atoms. The highest BCUT2D eigenvalue weighted by Crippen LogP contribution is 2.16. The minimum atomic E-state index is -0.453. The number of esters is 1. The Bertz CT molecular complexity index is 1010. The maximum Gasteiger partial charge on any atom is 0.338 e. The predicted octanol–water partition coefficient (Wildman–Crippen LogP) is 2.58. The summed E-state index contributed by atoms with van der Waals surface area (Å²) in [5, 5.41) is 0.527. The van der Waals surface area contributed by atoms with Crippen LogP contribution in [-0.2, 0) is 17.7 Å². The van der Waals surface area contributed by atoms with Gasteiger partial charge in [0.25, 0.3) is 5.56 Å². The molecular formula is C20H18N2O4. The van der Waals surface area contributed by atoms with Crippen LogP contribution in [0.15, 0.2) is 53.3 Å². The third kappa shape index (κ3) is 3.18. The van der Waals surface area contributed by atoms with Crippen molar-refractivity contribution >= 4 is 16.9 Å². The van der Waals surface area contributed by atoms with Crippen molar-refractivity contribution in [3.63, 3.8) is 0 Å². The highest BCUT2D eigenvalue weighted by atomic mass is 16.6. The second kappa shape index (κ2) is 7.00. The van der Waals surface area contributed by atoms with Crippen molar-refractivity contribution in [1.29, 1.82) is 0 Å². The summed E-state index contributed by atoms with van der Waals surface area (Å²) < 4.78 is 12.5. The van der Waals surface area contributed by atoms with Crippen LogP contribution >= 0.6 is 0 Å². The van der Waals surface area contributed by atoms with Gasteiger partial charge in [-0.1, -0.05) is 18.2 Å². The van der Waals surface area contributed by atoms with Gasteiger partial charge in [0.15, 0.2) is 0 Å². The average molecular weight is 350 g/mol. The fourth-order valence-electron chi connectivity index (χ4n) is 3.10. The van der Waals surface area contributed by atoms with Crippen molar-refractivity contribution in [1.82, 2.24) is 9.55 Å². The van der Waals surface area contributed by atoms with E-state index in [0.717, 1.165) is 24.4 Å². The molecule has 0 atom stereocenters. The van der Waals surface area contributed by atoms with E-state index in [4.69, 9.17) is 9.47 Å². The summed E-state index contributed by atoms with van der Waals surface area (Å²) in [5.74, 6) is 1.06. The van der Waals surface area contributed by atoms with Crippen molar-refractivity contribution < 1.29 is 14.3 Å². The van der Waals surface area contributed by atoms with Crippen LogP contribution < -0.4 is 10.3 Å². The van der Waals surface area contributed by atoms with Crippen molar-refractivity contribution in [2.45, 2.75) is 19.4 Å². The highest BCUT2D eigenvalue weighted by molar-refractivity contribution is 5.94. The van der Waals surface area contributed by atoms with E-state index in [1.54, 1.807) is 22.8 Å². The Morgan fingerprint density at radius 2 is 1.96 bits per heavy atom. The van der Waals surface area contributed by atoms with Crippen LogP contribution in [0.1, 0.15) is 22.6 Å². The highest BCUT2D eigenvalue weighted by Gasteiger charge is 2.17. The first-order valence-electron chi connectivity index (χ1n) is 8.61. The molecule has 0 unspecified atom stereocenters. The maximum atomic E-state index is 12.4. The molecule has 0 saturated carbocycles. The molecule has 0 radical (unpaired) electrons. The first-order chi connectivity index (χ1) is 12.7. The Balaban J connectivity index is 1.44. The number of hydrogen-bond acceptors (Lipinski definition) is 5. The number of rotatable bonds is 5. The topological polar surface area (TPSA) is 70.4 Å². The molecule has 6 nitrogen and oxygen atoms in total. The van der Waals surface area contributed by atoms with Gasteiger partial charge in [0.2, 0.25) is 0 Å². The van der Waals surface area contributed by atoms with E-state index in [-0.39, 0.29) is 18.8 Å². The van der Waals surface area contributed by atoms with Gasteiger partial charge in [0.05, 0.1) is 16.5 Å². The molecule has 0 amide bonds. The standard InChI is InChI=1S/C20H18N2O4/c23-19-16-9-8-14(13-17(16)21-18-7-4-10-22(18)19)20(24)26-12-11-25-15-5-2-1-3-6-15/h1-3,5-6,8-9,13H,4,7,10-12H2. The summed E-state index contributed by atoms with van der Waals surface area (Å²) in [6.45, 7) is 1.13. The lowest BCUT2D eigenvalue weighted by atomic mass is 10.1. The molecular weight excluding hydrogens is 332 g/mol. The molecule has 2 heterocycles. The largest absolute Gasteiger partial charge is 0.490 e. The van der Waals surface area contributed by atoms with E-state index >= 15 is 0 Å². The molecule has 3 aromatic rings. The van der Waals surface area contributed by atoms with Gasteiger partial charge < -0.3 is 9.47 Å². The monoisotopic (exact) mass is 350 g/mol. The third-order valence-electron chi connectivity index (χ3n) is 4.38. The Hall–Kier alpha value is -3.15. The lowest BCUT2D eigenvalue weighted by Gasteiger charge is -2.08. The second-order valence-corrected chi connectivity index (χ2v) is 6.12. The lowest BCUT2D eigenvalue weighted by molar-refractivity contribution is 0.0450. The SMILES string of the molecule is O=C(OCCOc1ccccc1)c1ccc2c(=O)n3c(nc2c1)CCC3. The molecule has 1 aliphatic heterocycles. The minimum absolute atomic E-state index is 0.0429. The second-order valence-electron chi connectivity index (χ2n) is 6.12. The van der Waals surface area contributed by atoms with Crippen LogP contribution in [0.4, 0.5) is 0 Å². The first kappa shape index (κ1) is 16.3. The maximum absolute atomic E-state index is 12.4. The smallest absolute Gasteiger partial charge is 0.338 e. The Labute approximate surface area is 150 Å². The quantitative estimate of drug-likeness (QED) is 0.522. The number of fused-ring (bicyclic) bond motifs is 2. The van der Waals surface area contributed by atoms with Gasteiger partial charge in [-0.3, -0.25) is 9.36 Å². The van der Waals surface area contributed by atoms with E-state index < -0.39 is 5.97 Å². The fourth-order valence-corrected chi connectivity index (χ4v) is 3.10. The molecule has 0 N–H and O–H groups in total. The van der Waals surface area contributed by atoms with Gasteiger partial charge >= 0.3 is 5.97 Å². The Morgan fingerprint density at radius 1 is 1.12 bits per heavy atom. The van der Waals surface area contributed by atoms with E-state index in [0.29, 0.717) is 23.0 Å². The van der Waals surface area contributed by atoms with Crippen LogP contribution in [0, 0.1) is 0 Å². The van der Waals surface area contributed by atoms with Crippen molar-refractivity contribution in [3.05, 3.63) is 70.3 Å². The summed E-state index contributed by atoms with van der Waals surface area (Å²) in [6.07, 6.45) is 1.71. The molecule has 1 aliphatic rings. The zero-order valence-corrected chi connectivity index (χ0v) is 14.2. The fraction of sp³-hybridized carbons (Fsp3) is 0.250. The van der Waals surface area contributed by atoms with E-state index in [9.17, 15) is 9.59 Å². The summed E-state index contributed by atoms with van der Waals surface area (Å²) in [7, 11) is 0. The van der Waals surface area contributed by atoms with Crippen LogP contribution in [0.3, 0.4) is 0 Å². The number of hydrogen-bond donors (Lipinski definition) is 0. The Morgan fingerprint density at radius 3 is 2.81 bits per heavy atom. The number of aromatic nitrogens is 2. The van der Waals surface area contributed by atoms with Crippen molar-refractivity contribution in [2.75, 3.05) is 13.2 Å². The van der Waals surface area contributed by atoms with Crippen molar-refractivity contribution in [2.24, 2.45) is 0 Å². The normalized spacial score (nSPS) is 12.8.